The van der Waals surface area contributed by atoms with Crippen molar-refractivity contribution in [2.75, 3.05) is 13.1 Å². The first-order chi connectivity index (χ1) is 10.2. The van der Waals surface area contributed by atoms with E-state index in [1.165, 1.54) is 36.8 Å². The van der Waals surface area contributed by atoms with E-state index in [1.807, 2.05) is 12.1 Å². The Balaban J connectivity index is 2.13. The van der Waals surface area contributed by atoms with Crippen LogP contribution in [0.15, 0.2) is 18.2 Å². The maximum atomic E-state index is 8.98. The average molecular weight is 285 g/mol. The topological polar surface area (TPSA) is 53.0 Å². The van der Waals surface area contributed by atoms with E-state index >= 15 is 0 Å². The van der Waals surface area contributed by atoms with Crippen LogP contribution < -0.4 is 5.73 Å². The SMILES string of the molecule is CCN(Cc1ccc(C#N)cc1C)C1CCCCC1CN. The third-order valence-corrected chi connectivity index (χ3v) is 4.89. The Morgan fingerprint density at radius 1 is 1.33 bits per heavy atom. The second-order valence-corrected chi connectivity index (χ2v) is 6.16. The lowest BCUT2D eigenvalue weighted by Crippen LogP contribution is -2.44. The molecule has 0 amide bonds. The van der Waals surface area contributed by atoms with Crippen molar-refractivity contribution in [3.8, 4) is 6.07 Å². The Hall–Kier alpha value is -1.37. The van der Waals surface area contributed by atoms with Gasteiger partial charge in [-0.05, 0) is 62.0 Å². The quantitative estimate of drug-likeness (QED) is 0.904. The van der Waals surface area contributed by atoms with Crippen LogP contribution >= 0.6 is 0 Å². The maximum Gasteiger partial charge on any atom is 0.0991 e. The van der Waals surface area contributed by atoms with Crippen molar-refractivity contribution in [3.05, 3.63) is 34.9 Å². The minimum Gasteiger partial charge on any atom is -0.330 e. The molecule has 1 aliphatic carbocycles. The normalized spacial score (nSPS) is 22.2. The molecule has 0 aliphatic heterocycles. The van der Waals surface area contributed by atoms with Crippen LogP contribution in [0.1, 0.15) is 49.3 Å². The predicted molar refractivity (Wildman–Crippen MR) is 86.8 cm³/mol. The number of hydrogen-bond donors (Lipinski definition) is 1. The smallest absolute Gasteiger partial charge is 0.0991 e. The van der Waals surface area contributed by atoms with E-state index < -0.39 is 0 Å². The fraction of sp³-hybridized carbons (Fsp3) is 0.611. The van der Waals surface area contributed by atoms with Crippen LogP contribution in [0.25, 0.3) is 0 Å². The summed E-state index contributed by atoms with van der Waals surface area (Å²) >= 11 is 0. The highest BCUT2D eigenvalue weighted by Gasteiger charge is 2.28. The Kier molecular flexibility index (Phi) is 5.78. The molecule has 1 aliphatic rings. The molecule has 0 spiro atoms. The van der Waals surface area contributed by atoms with E-state index in [0.717, 1.165) is 25.2 Å². The average Bonchev–Trinajstić information content (AvgIpc) is 2.53. The molecule has 0 aromatic heterocycles. The van der Waals surface area contributed by atoms with Crippen molar-refractivity contribution in [3.63, 3.8) is 0 Å². The summed E-state index contributed by atoms with van der Waals surface area (Å²) in [6.45, 7) is 7.16. The zero-order valence-corrected chi connectivity index (χ0v) is 13.3. The van der Waals surface area contributed by atoms with Gasteiger partial charge in [0.05, 0.1) is 11.6 Å². The molecule has 1 aromatic carbocycles. The number of nitrogens with two attached hydrogens (primary N) is 1. The van der Waals surface area contributed by atoms with Crippen molar-refractivity contribution in [2.45, 2.75) is 52.1 Å². The first-order valence-corrected chi connectivity index (χ1v) is 8.13. The Labute approximate surface area is 128 Å². The lowest BCUT2D eigenvalue weighted by atomic mass is 9.83. The Bertz CT molecular complexity index is 504. The molecular formula is C18H27N3. The van der Waals surface area contributed by atoms with E-state index in [4.69, 9.17) is 11.0 Å². The number of benzene rings is 1. The molecule has 2 rings (SSSR count). The van der Waals surface area contributed by atoms with Crippen LogP contribution in [0.5, 0.6) is 0 Å². The lowest BCUT2D eigenvalue weighted by Gasteiger charge is -2.39. The molecule has 3 nitrogen and oxygen atoms in total. The number of aryl methyl sites for hydroxylation is 1. The molecule has 0 bridgehead atoms. The molecule has 2 N–H and O–H groups in total. The van der Waals surface area contributed by atoms with Crippen LogP contribution in [-0.4, -0.2) is 24.0 Å². The molecule has 3 heteroatoms. The first-order valence-electron chi connectivity index (χ1n) is 8.13. The standard InChI is InChI=1S/C18H27N3/c1-3-21(18-7-5-4-6-16(18)12-20)13-17-9-8-15(11-19)10-14(17)2/h8-10,16,18H,3-7,12-13,20H2,1-2H3. The van der Waals surface area contributed by atoms with Gasteiger partial charge in [0.1, 0.15) is 0 Å². The van der Waals surface area contributed by atoms with E-state index in [0.29, 0.717) is 12.0 Å². The molecule has 2 unspecified atom stereocenters. The van der Waals surface area contributed by atoms with Crippen LogP contribution in [-0.2, 0) is 6.54 Å². The van der Waals surface area contributed by atoms with Gasteiger partial charge in [-0.1, -0.05) is 25.8 Å². The summed E-state index contributed by atoms with van der Waals surface area (Å²) in [5, 5.41) is 8.98. The molecule has 2 atom stereocenters. The largest absolute Gasteiger partial charge is 0.330 e. The first kappa shape index (κ1) is 16.0. The van der Waals surface area contributed by atoms with Crippen molar-refractivity contribution < 1.29 is 0 Å². The number of hydrogen-bond acceptors (Lipinski definition) is 3. The molecule has 114 valence electrons. The van der Waals surface area contributed by atoms with Gasteiger partial charge in [-0.3, -0.25) is 4.90 Å². The zero-order chi connectivity index (χ0) is 15.2. The number of nitriles is 1. The minimum atomic E-state index is 0.615. The highest BCUT2D eigenvalue weighted by molar-refractivity contribution is 5.37. The summed E-state index contributed by atoms with van der Waals surface area (Å²) in [5.41, 5.74) is 9.28. The van der Waals surface area contributed by atoms with Crippen LogP contribution in [0.2, 0.25) is 0 Å². The summed E-state index contributed by atoms with van der Waals surface area (Å²) in [4.78, 5) is 2.57. The minimum absolute atomic E-state index is 0.615. The van der Waals surface area contributed by atoms with Crippen LogP contribution in [0.3, 0.4) is 0 Å². The summed E-state index contributed by atoms with van der Waals surface area (Å²) in [6.07, 6.45) is 5.19. The monoisotopic (exact) mass is 285 g/mol. The third kappa shape index (κ3) is 3.84. The van der Waals surface area contributed by atoms with E-state index in [1.54, 1.807) is 0 Å². The van der Waals surface area contributed by atoms with Crippen molar-refractivity contribution in [1.82, 2.24) is 4.90 Å². The van der Waals surface area contributed by atoms with E-state index in [-0.39, 0.29) is 0 Å². The molecular weight excluding hydrogens is 258 g/mol. The highest BCUT2D eigenvalue weighted by Crippen LogP contribution is 2.29. The van der Waals surface area contributed by atoms with E-state index in [9.17, 15) is 0 Å². The molecule has 1 fully saturated rings. The summed E-state index contributed by atoms with van der Waals surface area (Å²) in [5.74, 6) is 0.636. The van der Waals surface area contributed by atoms with Gasteiger partial charge in [-0.2, -0.15) is 5.26 Å². The molecule has 1 aromatic rings. The Morgan fingerprint density at radius 3 is 2.71 bits per heavy atom. The highest BCUT2D eigenvalue weighted by atomic mass is 15.2. The van der Waals surface area contributed by atoms with Gasteiger partial charge >= 0.3 is 0 Å². The van der Waals surface area contributed by atoms with Gasteiger partial charge in [0.2, 0.25) is 0 Å². The van der Waals surface area contributed by atoms with Gasteiger partial charge in [0.15, 0.2) is 0 Å². The van der Waals surface area contributed by atoms with Crippen molar-refractivity contribution in [1.29, 1.82) is 5.26 Å². The molecule has 0 radical (unpaired) electrons. The summed E-state index contributed by atoms with van der Waals surface area (Å²) in [6, 6.07) is 8.85. The fourth-order valence-corrected chi connectivity index (χ4v) is 3.57. The molecule has 0 heterocycles. The third-order valence-electron chi connectivity index (χ3n) is 4.89. The van der Waals surface area contributed by atoms with Gasteiger partial charge in [-0.25, -0.2) is 0 Å². The van der Waals surface area contributed by atoms with Gasteiger partial charge in [-0.15, -0.1) is 0 Å². The molecule has 21 heavy (non-hydrogen) atoms. The Morgan fingerprint density at radius 2 is 2.10 bits per heavy atom. The lowest BCUT2D eigenvalue weighted by molar-refractivity contribution is 0.105. The van der Waals surface area contributed by atoms with E-state index in [2.05, 4.69) is 30.9 Å². The molecule has 1 saturated carbocycles. The predicted octanol–water partition coefficient (Wildman–Crippen LogP) is 3.21. The summed E-state index contributed by atoms with van der Waals surface area (Å²) < 4.78 is 0. The molecule has 0 saturated heterocycles. The van der Waals surface area contributed by atoms with Gasteiger partial charge < -0.3 is 5.73 Å². The maximum absolute atomic E-state index is 8.98. The van der Waals surface area contributed by atoms with Crippen LogP contribution in [0, 0.1) is 24.2 Å². The zero-order valence-electron chi connectivity index (χ0n) is 13.3. The second kappa shape index (κ2) is 7.59. The van der Waals surface area contributed by atoms with Crippen molar-refractivity contribution >= 4 is 0 Å². The van der Waals surface area contributed by atoms with Gasteiger partial charge in [0, 0.05) is 12.6 Å². The van der Waals surface area contributed by atoms with Gasteiger partial charge in [0.25, 0.3) is 0 Å². The second-order valence-electron chi connectivity index (χ2n) is 6.16. The fourth-order valence-electron chi connectivity index (χ4n) is 3.57. The van der Waals surface area contributed by atoms with Crippen molar-refractivity contribution in [2.24, 2.45) is 11.7 Å². The van der Waals surface area contributed by atoms with Crippen LogP contribution in [0.4, 0.5) is 0 Å². The summed E-state index contributed by atoms with van der Waals surface area (Å²) in [7, 11) is 0. The number of rotatable bonds is 5. The number of nitrogens with zero attached hydrogens (tertiary/aromatic N) is 2.